The zero-order valence-corrected chi connectivity index (χ0v) is 9.30. The van der Waals surface area contributed by atoms with Gasteiger partial charge in [0.1, 0.15) is 5.76 Å². The molecule has 0 aliphatic heterocycles. The Labute approximate surface area is 85.8 Å². The molecule has 3 heteroatoms. The summed E-state index contributed by atoms with van der Waals surface area (Å²) in [5, 5.41) is 9.42. The molecule has 0 aromatic rings. The average Bonchev–Trinajstić information content (AvgIpc) is 2.17. The van der Waals surface area contributed by atoms with E-state index in [4.69, 9.17) is 4.74 Å². The average molecular weight is 200 g/mol. The maximum absolute atomic E-state index is 11.3. The number of allylic oxidation sites excluding steroid dienone is 1. The summed E-state index contributed by atoms with van der Waals surface area (Å²) in [7, 11) is 0. The number of esters is 1. The molecule has 0 radical (unpaired) electrons. The van der Waals surface area contributed by atoms with Gasteiger partial charge in [-0.3, -0.25) is 0 Å². The van der Waals surface area contributed by atoms with Crippen LogP contribution in [0.1, 0.15) is 46.5 Å². The monoisotopic (exact) mass is 200 g/mol. The lowest BCUT2D eigenvalue weighted by molar-refractivity contribution is -0.139. The molecule has 0 atom stereocenters. The van der Waals surface area contributed by atoms with Crippen LogP contribution in [0.2, 0.25) is 0 Å². The Balaban J connectivity index is 4.03. The molecular formula is C11H20O3. The van der Waals surface area contributed by atoms with Crippen molar-refractivity contribution in [3.8, 4) is 0 Å². The van der Waals surface area contributed by atoms with Crippen molar-refractivity contribution in [1.29, 1.82) is 0 Å². The molecule has 0 bridgehead atoms. The van der Waals surface area contributed by atoms with Gasteiger partial charge >= 0.3 is 5.97 Å². The van der Waals surface area contributed by atoms with E-state index in [-0.39, 0.29) is 5.76 Å². The van der Waals surface area contributed by atoms with Crippen LogP contribution in [0, 0.1) is 0 Å². The highest BCUT2D eigenvalue weighted by Crippen LogP contribution is 2.09. The lowest BCUT2D eigenvalue weighted by atomic mass is 10.2. The minimum Gasteiger partial charge on any atom is -0.512 e. The van der Waals surface area contributed by atoms with E-state index in [9.17, 15) is 9.90 Å². The summed E-state index contributed by atoms with van der Waals surface area (Å²) in [5.41, 5.74) is 0.336. The molecule has 0 aliphatic rings. The van der Waals surface area contributed by atoms with Crippen molar-refractivity contribution >= 4 is 5.97 Å². The van der Waals surface area contributed by atoms with Crippen LogP contribution in [-0.2, 0) is 9.53 Å². The Kier molecular flexibility index (Phi) is 6.89. The fourth-order valence-corrected chi connectivity index (χ4v) is 0.960. The van der Waals surface area contributed by atoms with Gasteiger partial charge in [0, 0.05) is 6.42 Å². The zero-order chi connectivity index (χ0) is 11.0. The van der Waals surface area contributed by atoms with Gasteiger partial charge in [0.15, 0.2) is 0 Å². The number of hydrogen-bond donors (Lipinski definition) is 1. The molecule has 0 heterocycles. The number of aliphatic hydroxyl groups excluding tert-OH is 1. The number of ether oxygens (including phenoxy) is 1. The van der Waals surface area contributed by atoms with Crippen molar-refractivity contribution in [2.45, 2.75) is 46.5 Å². The molecule has 0 rings (SSSR count). The normalized spacial score (nSPS) is 12.2. The number of carbonyl (C=O) groups excluding carboxylic acids is 1. The van der Waals surface area contributed by atoms with Crippen LogP contribution in [0.4, 0.5) is 0 Å². The summed E-state index contributed by atoms with van der Waals surface area (Å²) >= 11 is 0. The molecule has 0 amide bonds. The molecule has 0 saturated heterocycles. The Hall–Kier alpha value is -0.990. The van der Waals surface area contributed by atoms with Crippen molar-refractivity contribution < 1.29 is 14.6 Å². The minimum absolute atomic E-state index is 0.147. The molecule has 0 aromatic carbocycles. The number of aliphatic hydroxyl groups is 1. The van der Waals surface area contributed by atoms with Crippen LogP contribution < -0.4 is 0 Å². The van der Waals surface area contributed by atoms with Gasteiger partial charge in [0.2, 0.25) is 0 Å². The van der Waals surface area contributed by atoms with Crippen LogP contribution >= 0.6 is 0 Å². The summed E-state index contributed by atoms with van der Waals surface area (Å²) in [6.07, 6.45) is 3.23. The maximum atomic E-state index is 11.3. The second-order valence-corrected chi connectivity index (χ2v) is 3.31. The van der Waals surface area contributed by atoms with Gasteiger partial charge in [-0.1, -0.05) is 20.3 Å². The van der Waals surface area contributed by atoms with Crippen LogP contribution in [-0.4, -0.2) is 17.7 Å². The first-order valence-electron chi connectivity index (χ1n) is 5.19. The first kappa shape index (κ1) is 13.0. The summed E-state index contributed by atoms with van der Waals surface area (Å²) in [6.45, 7) is 6.02. The van der Waals surface area contributed by atoms with Gasteiger partial charge < -0.3 is 9.84 Å². The second kappa shape index (κ2) is 7.42. The van der Waals surface area contributed by atoms with Gasteiger partial charge in [-0.05, 0) is 19.8 Å². The predicted molar refractivity (Wildman–Crippen MR) is 56.1 cm³/mol. The van der Waals surface area contributed by atoms with Gasteiger partial charge in [-0.15, -0.1) is 0 Å². The van der Waals surface area contributed by atoms with Gasteiger partial charge in [-0.25, -0.2) is 4.79 Å². The fourth-order valence-electron chi connectivity index (χ4n) is 0.960. The van der Waals surface area contributed by atoms with E-state index in [0.29, 0.717) is 18.6 Å². The van der Waals surface area contributed by atoms with Crippen molar-refractivity contribution in [2.75, 3.05) is 6.61 Å². The molecule has 0 fully saturated rings. The summed E-state index contributed by atoms with van der Waals surface area (Å²) in [5.74, 6) is -0.251. The highest BCUT2D eigenvalue weighted by Gasteiger charge is 2.10. The smallest absolute Gasteiger partial charge is 0.337 e. The number of unbranched alkanes of at least 4 members (excludes halogenated alkanes) is 1. The summed E-state index contributed by atoms with van der Waals surface area (Å²) in [6, 6.07) is 0. The standard InChI is InChI=1S/C11H20O3/c1-4-6-8-14-11(13)9(3)10(12)7-5-2/h12H,4-8H2,1-3H3. The Morgan fingerprint density at radius 1 is 1.29 bits per heavy atom. The van der Waals surface area contributed by atoms with E-state index in [1.807, 2.05) is 13.8 Å². The van der Waals surface area contributed by atoms with E-state index in [0.717, 1.165) is 19.3 Å². The third kappa shape index (κ3) is 4.90. The zero-order valence-electron chi connectivity index (χ0n) is 9.30. The Morgan fingerprint density at radius 2 is 1.93 bits per heavy atom. The van der Waals surface area contributed by atoms with Crippen molar-refractivity contribution in [2.24, 2.45) is 0 Å². The highest BCUT2D eigenvalue weighted by atomic mass is 16.5. The molecule has 0 unspecified atom stereocenters. The molecule has 0 saturated carbocycles. The number of rotatable bonds is 6. The number of carbonyl (C=O) groups is 1. The summed E-state index contributed by atoms with van der Waals surface area (Å²) < 4.78 is 4.95. The summed E-state index contributed by atoms with van der Waals surface area (Å²) in [4.78, 5) is 11.3. The van der Waals surface area contributed by atoms with Crippen molar-refractivity contribution in [1.82, 2.24) is 0 Å². The predicted octanol–water partition coefficient (Wildman–Crippen LogP) is 2.96. The third-order valence-electron chi connectivity index (χ3n) is 1.96. The van der Waals surface area contributed by atoms with Gasteiger partial charge in [0.25, 0.3) is 0 Å². The molecule has 0 aromatic heterocycles. The van der Waals surface area contributed by atoms with Crippen LogP contribution in [0.5, 0.6) is 0 Å². The van der Waals surface area contributed by atoms with Crippen LogP contribution in [0.25, 0.3) is 0 Å². The quantitative estimate of drug-likeness (QED) is 0.310. The van der Waals surface area contributed by atoms with Gasteiger partial charge in [-0.2, -0.15) is 0 Å². The SMILES string of the molecule is CCCCOC(=O)C(C)=C(O)CCC. The van der Waals surface area contributed by atoms with Crippen molar-refractivity contribution in [3.05, 3.63) is 11.3 Å². The third-order valence-corrected chi connectivity index (χ3v) is 1.96. The van der Waals surface area contributed by atoms with E-state index < -0.39 is 5.97 Å². The lowest BCUT2D eigenvalue weighted by Crippen LogP contribution is -2.09. The molecule has 0 spiro atoms. The van der Waals surface area contributed by atoms with Gasteiger partial charge in [0.05, 0.1) is 12.2 Å². The van der Waals surface area contributed by atoms with E-state index in [1.165, 1.54) is 0 Å². The first-order chi connectivity index (χ1) is 6.63. The molecule has 82 valence electrons. The lowest BCUT2D eigenvalue weighted by Gasteiger charge is -2.06. The molecular weight excluding hydrogens is 180 g/mol. The van der Waals surface area contributed by atoms with Crippen LogP contribution in [0.3, 0.4) is 0 Å². The largest absolute Gasteiger partial charge is 0.512 e. The fraction of sp³-hybridized carbons (Fsp3) is 0.727. The molecule has 0 aliphatic carbocycles. The van der Waals surface area contributed by atoms with E-state index in [1.54, 1.807) is 6.92 Å². The second-order valence-electron chi connectivity index (χ2n) is 3.31. The first-order valence-corrected chi connectivity index (χ1v) is 5.19. The van der Waals surface area contributed by atoms with Crippen molar-refractivity contribution in [3.63, 3.8) is 0 Å². The Morgan fingerprint density at radius 3 is 2.43 bits per heavy atom. The van der Waals surface area contributed by atoms with Crippen LogP contribution in [0.15, 0.2) is 11.3 Å². The highest BCUT2D eigenvalue weighted by molar-refractivity contribution is 5.88. The van der Waals surface area contributed by atoms with E-state index >= 15 is 0 Å². The molecule has 3 nitrogen and oxygen atoms in total. The topological polar surface area (TPSA) is 46.5 Å². The minimum atomic E-state index is -0.399. The molecule has 1 N–H and O–H groups in total. The maximum Gasteiger partial charge on any atom is 0.337 e. The Bertz CT molecular complexity index is 207. The van der Waals surface area contributed by atoms with E-state index in [2.05, 4.69) is 0 Å². The number of hydrogen-bond acceptors (Lipinski definition) is 3. The molecule has 14 heavy (non-hydrogen) atoms.